The number of hydrogen-bond acceptors (Lipinski definition) is 4. The zero-order valence-electron chi connectivity index (χ0n) is 15.8. The largest absolute Gasteiger partial charge is 0.416 e. The molecule has 156 valence electrons. The molecular weight excluding hydrogens is 377 g/mol. The Kier molecular flexibility index (Phi) is 7.61. The van der Waals surface area contributed by atoms with Crippen molar-refractivity contribution in [2.24, 2.45) is 0 Å². The molecule has 0 spiro atoms. The van der Waals surface area contributed by atoms with Gasteiger partial charge in [-0.25, -0.2) is 0 Å². The number of nitro benzene ring substituents is 1. The van der Waals surface area contributed by atoms with E-state index in [2.05, 4.69) is 12.2 Å². The lowest BCUT2D eigenvalue weighted by atomic mass is 10.1. The fourth-order valence-electron chi connectivity index (χ4n) is 3.25. The maximum atomic E-state index is 12.8. The lowest BCUT2D eigenvalue weighted by molar-refractivity contribution is -0.892. The zero-order valence-corrected chi connectivity index (χ0v) is 15.8. The second kappa shape index (κ2) is 9.72. The van der Waals surface area contributed by atoms with Crippen LogP contribution in [0.4, 0.5) is 24.5 Å². The van der Waals surface area contributed by atoms with Crippen LogP contribution in [0.2, 0.25) is 0 Å². The molecule has 0 aliphatic carbocycles. The van der Waals surface area contributed by atoms with Gasteiger partial charge in [0.15, 0.2) is 6.54 Å². The number of carbonyl (C=O) groups excluding carboxylic acids is 1. The van der Waals surface area contributed by atoms with Crippen molar-refractivity contribution in [3.63, 3.8) is 0 Å². The summed E-state index contributed by atoms with van der Waals surface area (Å²) in [4.78, 5) is 25.2. The normalized spacial score (nSPS) is 15.5. The Balaban J connectivity index is 1.94. The molecular formula is C18H26F3N4O3+. The number of quaternary nitrogens is 1. The second-order valence-electron chi connectivity index (χ2n) is 6.93. The first-order chi connectivity index (χ1) is 13.2. The number of rotatable bonds is 8. The van der Waals surface area contributed by atoms with Crippen molar-refractivity contribution in [3.05, 3.63) is 33.9 Å². The van der Waals surface area contributed by atoms with E-state index in [9.17, 15) is 28.1 Å². The zero-order chi connectivity index (χ0) is 20.7. The molecule has 0 aromatic heterocycles. The molecule has 10 heteroatoms. The number of anilines is 1. The van der Waals surface area contributed by atoms with Gasteiger partial charge in [-0.2, -0.15) is 13.2 Å². The Morgan fingerprint density at radius 3 is 2.54 bits per heavy atom. The predicted octanol–water partition coefficient (Wildman–Crippen LogP) is 1.62. The van der Waals surface area contributed by atoms with Crippen LogP contribution in [0.3, 0.4) is 0 Å². The summed E-state index contributed by atoms with van der Waals surface area (Å²) in [6, 6.07) is 2.61. The minimum absolute atomic E-state index is 0.0277. The van der Waals surface area contributed by atoms with Gasteiger partial charge in [0.1, 0.15) is 5.69 Å². The molecule has 0 bridgehead atoms. The Morgan fingerprint density at radius 2 is 1.96 bits per heavy atom. The van der Waals surface area contributed by atoms with E-state index >= 15 is 0 Å². The summed E-state index contributed by atoms with van der Waals surface area (Å²) in [6.07, 6.45) is -1.53. The van der Waals surface area contributed by atoms with Gasteiger partial charge in [0, 0.05) is 12.6 Å². The number of hydrogen-bond donors (Lipinski definition) is 2. The van der Waals surface area contributed by atoms with Crippen molar-refractivity contribution in [3.8, 4) is 0 Å². The smallest absolute Gasteiger partial charge is 0.355 e. The van der Waals surface area contributed by atoms with Gasteiger partial charge in [-0.1, -0.05) is 19.8 Å². The summed E-state index contributed by atoms with van der Waals surface area (Å²) >= 11 is 0. The molecule has 0 saturated carbocycles. The predicted molar refractivity (Wildman–Crippen MR) is 98.4 cm³/mol. The standard InChI is InChI=1S/C18H25F3N4O3/c1-2-3-4-7-22-17(26)13-23-8-10-24(11-9-23)15-6-5-14(18(19,20)21)12-16(15)25(27)28/h5-6,12H,2-4,7-11,13H2,1H3,(H,22,26)/p+1. The van der Waals surface area contributed by atoms with Crippen molar-refractivity contribution in [2.75, 3.05) is 44.2 Å². The third-order valence-corrected chi connectivity index (χ3v) is 4.82. The summed E-state index contributed by atoms with van der Waals surface area (Å²) in [5, 5.41) is 14.1. The molecule has 0 atom stereocenters. The average molecular weight is 403 g/mol. The first-order valence-electron chi connectivity index (χ1n) is 9.43. The number of amides is 1. The van der Waals surface area contributed by atoms with Gasteiger partial charge in [0.25, 0.3) is 11.6 Å². The molecule has 0 unspecified atom stereocenters. The Bertz CT molecular complexity index is 689. The van der Waals surface area contributed by atoms with Gasteiger partial charge in [0.2, 0.25) is 0 Å². The number of nitro groups is 1. The molecule has 1 heterocycles. The minimum atomic E-state index is -4.63. The molecule has 1 aromatic rings. The van der Waals surface area contributed by atoms with Crippen molar-refractivity contribution in [1.82, 2.24) is 5.32 Å². The minimum Gasteiger partial charge on any atom is -0.355 e. The van der Waals surface area contributed by atoms with Crippen LogP contribution in [-0.2, 0) is 11.0 Å². The SMILES string of the molecule is CCCCCNC(=O)C[NH+]1CCN(c2ccc(C(F)(F)F)cc2[N+](=O)[O-])CC1. The van der Waals surface area contributed by atoms with Gasteiger partial charge < -0.3 is 15.1 Å². The number of nitrogens with zero attached hydrogens (tertiary/aromatic N) is 2. The highest BCUT2D eigenvalue weighted by Crippen LogP contribution is 2.36. The van der Waals surface area contributed by atoms with Gasteiger partial charge >= 0.3 is 6.18 Å². The molecule has 7 nitrogen and oxygen atoms in total. The van der Waals surface area contributed by atoms with Crippen LogP contribution in [-0.4, -0.2) is 50.1 Å². The van der Waals surface area contributed by atoms with Crippen molar-refractivity contribution in [2.45, 2.75) is 32.4 Å². The van der Waals surface area contributed by atoms with Gasteiger partial charge in [-0.05, 0) is 18.6 Å². The lowest BCUT2D eigenvalue weighted by Crippen LogP contribution is -3.16. The maximum Gasteiger partial charge on any atom is 0.416 e. The number of unbranched alkanes of at least 4 members (excludes halogenated alkanes) is 2. The van der Waals surface area contributed by atoms with Gasteiger partial charge in [0.05, 0.1) is 36.7 Å². The van der Waals surface area contributed by atoms with Crippen molar-refractivity contribution >= 4 is 17.3 Å². The molecule has 1 aliphatic heterocycles. The van der Waals surface area contributed by atoms with Crippen LogP contribution in [0.25, 0.3) is 0 Å². The molecule has 1 saturated heterocycles. The summed E-state index contributed by atoms with van der Waals surface area (Å²) < 4.78 is 38.5. The van der Waals surface area contributed by atoms with E-state index < -0.39 is 22.4 Å². The number of nitrogens with one attached hydrogen (secondary N) is 2. The Morgan fingerprint density at radius 1 is 1.29 bits per heavy atom. The van der Waals surface area contributed by atoms with E-state index in [4.69, 9.17) is 0 Å². The fraction of sp³-hybridized carbons (Fsp3) is 0.611. The third-order valence-electron chi connectivity index (χ3n) is 4.82. The summed E-state index contributed by atoms with van der Waals surface area (Å²) in [7, 11) is 0. The highest BCUT2D eigenvalue weighted by atomic mass is 19.4. The Labute approximate surface area is 161 Å². The lowest BCUT2D eigenvalue weighted by Gasteiger charge is -2.33. The Hall–Kier alpha value is -2.36. The second-order valence-corrected chi connectivity index (χ2v) is 6.93. The molecule has 0 radical (unpaired) electrons. The average Bonchev–Trinajstić information content (AvgIpc) is 2.64. The van der Waals surface area contributed by atoms with Crippen LogP contribution < -0.4 is 15.1 Å². The molecule has 1 amide bonds. The first-order valence-corrected chi connectivity index (χ1v) is 9.43. The van der Waals surface area contributed by atoms with E-state index in [0.29, 0.717) is 45.3 Å². The van der Waals surface area contributed by atoms with E-state index in [-0.39, 0.29) is 11.6 Å². The number of carbonyl (C=O) groups is 1. The molecule has 1 fully saturated rings. The quantitative estimate of drug-likeness (QED) is 0.393. The number of piperazine rings is 1. The first kappa shape index (κ1) is 21.9. The van der Waals surface area contributed by atoms with E-state index in [1.165, 1.54) is 0 Å². The topological polar surface area (TPSA) is 79.9 Å². The summed E-state index contributed by atoms with van der Waals surface area (Å²) in [5.74, 6) is -0.0277. The van der Waals surface area contributed by atoms with E-state index in [1.54, 1.807) is 4.90 Å². The van der Waals surface area contributed by atoms with Crippen LogP contribution in [0.1, 0.15) is 31.7 Å². The summed E-state index contributed by atoms with van der Waals surface area (Å²) in [5.41, 5.74) is -1.40. The van der Waals surface area contributed by atoms with E-state index in [0.717, 1.165) is 36.3 Å². The van der Waals surface area contributed by atoms with Crippen LogP contribution in [0, 0.1) is 10.1 Å². The highest BCUT2D eigenvalue weighted by Gasteiger charge is 2.34. The molecule has 28 heavy (non-hydrogen) atoms. The third kappa shape index (κ3) is 6.08. The molecule has 2 N–H and O–H groups in total. The van der Waals surface area contributed by atoms with Crippen molar-refractivity contribution in [1.29, 1.82) is 0 Å². The van der Waals surface area contributed by atoms with Crippen LogP contribution in [0.15, 0.2) is 18.2 Å². The van der Waals surface area contributed by atoms with Gasteiger partial charge in [-0.3, -0.25) is 14.9 Å². The van der Waals surface area contributed by atoms with Crippen LogP contribution in [0.5, 0.6) is 0 Å². The maximum absolute atomic E-state index is 12.8. The highest BCUT2D eigenvalue weighted by molar-refractivity contribution is 5.76. The summed E-state index contributed by atoms with van der Waals surface area (Å²) in [6.45, 7) is 5.11. The van der Waals surface area contributed by atoms with Crippen molar-refractivity contribution < 1.29 is 27.8 Å². The number of halogens is 3. The number of alkyl halides is 3. The molecule has 2 rings (SSSR count). The molecule has 1 aromatic carbocycles. The fourth-order valence-corrected chi connectivity index (χ4v) is 3.25. The van der Waals surface area contributed by atoms with Crippen LogP contribution >= 0.6 is 0 Å². The van der Waals surface area contributed by atoms with E-state index in [1.807, 2.05) is 0 Å². The molecule has 1 aliphatic rings. The van der Waals surface area contributed by atoms with Gasteiger partial charge in [-0.15, -0.1) is 0 Å². The number of benzene rings is 1. The monoisotopic (exact) mass is 403 g/mol.